The molecule has 0 saturated carbocycles. The first-order valence-electron chi connectivity index (χ1n) is 5.73. The number of benzene rings is 1. The lowest BCUT2D eigenvalue weighted by Crippen LogP contribution is -2.12. The molecule has 2 rings (SSSR count). The van der Waals surface area contributed by atoms with Gasteiger partial charge in [0, 0.05) is 24.5 Å². The number of halogens is 1. The highest BCUT2D eigenvalue weighted by Gasteiger charge is 2.04. The molecule has 0 aliphatic rings. The summed E-state index contributed by atoms with van der Waals surface area (Å²) in [5.41, 5.74) is 1.79. The zero-order chi connectivity index (χ0) is 12.1. The predicted octanol–water partition coefficient (Wildman–Crippen LogP) is 2.18. The van der Waals surface area contributed by atoms with E-state index in [4.69, 9.17) is 0 Å². The molecule has 0 bridgehead atoms. The molecule has 1 aromatic heterocycles. The minimum atomic E-state index is -0.168. The van der Waals surface area contributed by atoms with Gasteiger partial charge in [-0.15, -0.1) is 0 Å². The molecule has 0 saturated heterocycles. The van der Waals surface area contributed by atoms with E-state index >= 15 is 0 Å². The van der Waals surface area contributed by atoms with Crippen molar-refractivity contribution in [3.8, 4) is 0 Å². The average Bonchev–Trinajstić information content (AvgIpc) is 2.83. The van der Waals surface area contributed by atoms with Gasteiger partial charge in [0.25, 0.3) is 0 Å². The Hall–Kier alpha value is -1.68. The summed E-state index contributed by atoms with van der Waals surface area (Å²) >= 11 is 0. The van der Waals surface area contributed by atoms with Gasteiger partial charge in [0.15, 0.2) is 0 Å². The molecule has 0 amide bonds. The zero-order valence-electron chi connectivity index (χ0n) is 9.86. The van der Waals surface area contributed by atoms with Gasteiger partial charge in [0.1, 0.15) is 5.82 Å². The Morgan fingerprint density at radius 2 is 2.29 bits per heavy atom. The van der Waals surface area contributed by atoms with Crippen LogP contribution in [0.3, 0.4) is 0 Å². The molecule has 90 valence electrons. The smallest absolute Gasteiger partial charge is 0.128 e. The monoisotopic (exact) mass is 233 g/mol. The second-order valence-corrected chi connectivity index (χ2v) is 3.94. The van der Waals surface area contributed by atoms with E-state index in [1.165, 1.54) is 6.07 Å². The van der Waals surface area contributed by atoms with E-state index in [1.54, 1.807) is 12.5 Å². The predicted molar refractivity (Wildman–Crippen MR) is 65.1 cm³/mol. The third-order valence-corrected chi connectivity index (χ3v) is 2.60. The fourth-order valence-electron chi connectivity index (χ4n) is 1.71. The van der Waals surface area contributed by atoms with Crippen LogP contribution in [0.1, 0.15) is 18.1 Å². The largest absolute Gasteiger partial charge is 0.333 e. The number of hydrogen-bond acceptors (Lipinski definition) is 2. The van der Waals surface area contributed by atoms with Crippen LogP contribution in [0.15, 0.2) is 36.9 Å². The van der Waals surface area contributed by atoms with E-state index in [9.17, 15) is 4.39 Å². The van der Waals surface area contributed by atoms with Gasteiger partial charge in [-0.2, -0.15) is 0 Å². The normalized spacial score (nSPS) is 10.7. The zero-order valence-corrected chi connectivity index (χ0v) is 9.86. The molecule has 0 atom stereocenters. The molecule has 17 heavy (non-hydrogen) atoms. The number of rotatable bonds is 5. The molecule has 0 fully saturated rings. The van der Waals surface area contributed by atoms with Crippen LogP contribution in [0.5, 0.6) is 0 Å². The fraction of sp³-hybridized carbons (Fsp3) is 0.308. The van der Waals surface area contributed by atoms with Crippen LogP contribution in [-0.2, 0) is 13.1 Å². The second-order valence-electron chi connectivity index (χ2n) is 3.94. The molecule has 0 radical (unpaired) electrons. The van der Waals surface area contributed by atoms with Crippen molar-refractivity contribution in [3.63, 3.8) is 0 Å². The standard InChI is InChI=1S/C13H16FN3/c1-2-15-8-11-3-4-13(14)12(7-11)9-17-6-5-16-10-17/h3-7,10,15H,2,8-9H2,1H3. The summed E-state index contributed by atoms with van der Waals surface area (Å²) < 4.78 is 15.5. The van der Waals surface area contributed by atoms with E-state index in [0.717, 1.165) is 18.7 Å². The molecule has 0 aliphatic carbocycles. The summed E-state index contributed by atoms with van der Waals surface area (Å²) in [4.78, 5) is 3.95. The number of nitrogens with zero attached hydrogens (tertiary/aromatic N) is 2. The van der Waals surface area contributed by atoms with Crippen molar-refractivity contribution in [2.75, 3.05) is 6.54 Å². The van der Waals surface area contributed by atoms with Gasteiger partial charge < -0.3 is 9.88 Å². The van der Waals surface area contributed by atoms with Crippen molar-refractivity contribution < 1.29 is 4.39 Å². The van der Waals surface area contributed by atoms with Crippen molar-refractivity contribution in [1.82, 2.24) is 14.9 Å². The molecule has 1 heterocycles. The molecule has 3 nitrogen and oxygen atoms in total. The van der Waals surface area contributed by atoms with Crippen LogP contribution in [0.4, 0.5) is 4.39 Å². The van der Waals surface area contributed by atoms with Crippen LogP contribution in [0.25, 0.3) is 0 Å². The average molecular weight is 233 g/mol. The highest BCUT2D eigenvalue weighted by molar-refractivity contribution is 5.25. The van der Waals surface area contributed by atoms with E-state index in [1.807, 2.05) is 22.9 Å². The molecule has 1 aromatic carbocycles. The van der Waals surface area contributed by atoms with Crippen LogP contribution >= 0.6 is 0 Å². The van der Waals surface area contributed by atoms with Crippen molar-refractivity contribution in [2.24, 2.45) is 0 Å². The minimum absolute atomic E-state index is 0.168. The highest BCUT2D eigenvalue weighted by Crippen LogP contribution is 2.12. The lowest BCUT2D eigenvalue weighted by molar-refractivity contribution is 0.597. The maximum Gasteiger partial charge on any atom is 0.128 e. The van der Waals surface area contributed by atoms with Gasteiger partial charge >= 0.3 is 0 Å². The fourth-order valence-corrected chi connectivity index (χ4v) is 1.71. The molecule has 4 heteroatoms. The Labute approximate surface area is 100 Å². The number of imidazole rings is 1. The second kappa shape index (κ2) is 5.59. The Kier molecular flexibility index (Phi) is 3.88. The Balaban J connectivity index is 2.14. The SMILES string of the molecule is CCNCc1ccc(F)c(Cn2ccnc2)c1. The van der Waals surface area contributed by atoms with E-state index in [0.29, 0.717) is 12.1 Å². The Morgan fingerprint density at radius 3 is 3.00 bits per heavy atom. The van der Waals surface area contributed by atoms with Gasteiger partial charge in [-0.25, -0.2) is 9.37 Å². The summed E-state index contributed by atoms with van der Waals surface area (Å²) in [6.07, 6.45) is 5.22. The maximum absolute atomic E-state index is 13.6. The molecular formula is C13H16FN3. The number of nitrogens with one attached hydrogen (secondary N) is 1. The van der Waals surface area contributed by atoms with Gasteiger partial charge in [0.2, 0.25) is 0 Å². The van der Waals surface area contributed by atoms with E-state index < -0.39 is 0 Å². The molecule has 0 spiro atoms. The van der Waals surface area contributed by atoms with Crippen molar-refractivity contribution in [2.45, 2.75) is 20.0 Å². The first kappa shape index (κ1) is 11.8. The highest BCUT2D eigenvalue weighted by atomic mass is 19.1. The van der Waals surface area contributed by atoms with Gasteiger partial charge in [-0.05, 0) is 24.2 Å². The van der Waals surface area contributed by atoms with Crippen molar-refractivity contribution in [3.05, 3.63) is 53.9 Å². The molecule has 1 N–H and O–H groups in total. The minimum Gasteiger partial charge on any atom is -0.333 e. The quantitative estimate of drug-likeness (QED) is 0.857. The Morgan fingerprint density at radius 1 is 1.41 bits per heavy atom. The molecular weight excluding hydrogens is 217 g/mol. The third kappa shape index (κ3) is 3.14. The van der Waals surface area contributed by atoms with Crippen molar-refractivity contribution in [1.29, 1.82) is 0 Å². The summed E-state index contributed by atoms with van der Waals surface area (Å²) in [6, 6.07) is 5.24. The van der Waals surface area contributed by atoms with Gasteiger partial charge in [-0.1, -0.05) is 13.0 Å². The van der Waals surface area contributed by atoms with Crippen LogP contribution in [0, 0.1) is 5.82 Å². The van der Waals surface area contributed by atoms with Crippen molar-refractivity contribution >= 4 is 0 Å². The third-order valence-electron chi connectivity index (χ3n) is 2.60. The lowest BCUT2D eigenvalue weighted by Gasteiger charge is -2.08. The Bertz CT molecular complexity index is 466. The van der Waals surface area contributed by atoms with Crippen LogP contribution in [0.2, 0.25) is 0 Å². The van der Waals surface area contributed by atoms with Crippen LogP contribution < -0.4 is 5.32 Å². The van der Waals surface area contributed by atoms with E-state index in [-0.39, 0.29) is 5.82 Å². The van der Waals surface area contributed by atoms with Crippen LogP contribution in [-0.4, -0.2) is 16.1 Å². The van der Waals surface area contributed by atoms with Gasteiger partial charge in [0.05, 0.1) is 12.9 Å². The molecule has 2 aromatic rings. The summed E-state index contributed by atoms with van der Waals surface area (Å²) in [7, 11) is 0. The van der Waals surface area contributed by atoms with Gasteiger partial charge in [-0.3, -0.25) is 0 Å². The van der Waals surface area contributed by atoms with E-state index in [2.05, 4.69) is 17.2 Å². The molecule has 0 aliphatic heterocycles. The topological polar surface area (TPSA) is 29.9 Å². The summed E-state index contributed by atoms with van der Waals surface area (Å²) in [5, 5.41) is 3.23. The lowest BCUT2D eigenvalue weighted by atomic mass is 10.1. The first-order chi connectivity index (χ1) is 8.29. The summed E-state index contributed by atoms with van der Waals surface area (Å²) in [5.74, 6) is -0.168. The summed E-state index contributed by atoms with van der Waals surface area (Å²) in [6.45, 7) is 4.25. The first-order valence-corrected chi connectivity index (χ1v) is 5.73. The maximum atomic E-state index is 13.6. The number of hydrogen-bond donors (Lipinski definition) is 1. The molecule has 0 unspecified atom stereocenters. The number of aromatic nitrogens is 2.